The molecule has 22 heavy (non-hydrogen) atoms. The van der Waals surface area contributed by atoms with E-state index in [0.29, 0.717) is 6.10 Å². The average Bonchev–Trinajstić information content (AvgIpc) is 2.57. The lowest BCUT2D eigenvalue weighted by molar-refractivity contribution is 0.0326. The highest BCUT2D eigenvalue weighted by molar-refractivity contribution is 5.54. The van der Waals surface area contributed by atoms with Crippen LogP contribution in [0.15, 0.2) is 0 Å². The van der Waals surface area contributed by atoms with Crippen molar-refractivity contribution in [2.24, 2.45) is 5.92 Å². The van der Waals surface area contributed by atoms with E-state index in [1.165, 1.54) is 77.0 Å². The van der Waals surface area contributed by atoms with Gasteiger partial charge in [-0.15, -0.1) is 0 Å². The van der Waals surface area contributed by atoms with Gasteiger partial charge in [-0.25, -0.2) is 0 Å². The number of hydrogen-bond donors (Lipinski definition) is 0. The molecular weight excluding hydrogens is 272 g/mol. The van der Waals surface area contributed by atoms with Crippen LogP contribution in [0.3, 0.4) is 0 Å². The first-order valence-electron chi connectivity index (χ1n) is 9.67. The van der Waals surface area contributed by atoms with Crippen molar-refractivity contribution in [1.82, 2.24) is 0 Å². The number of hydrogen-bond acceptors (Lipinski definition) is 2. The number of unbranched alkanes of at least 4 members (excludes halogenated alkanes) is 7. The van der Waals surface area contributed by atoms with Gasteiger partial charge in [0, 0.05) is 12.5 Å². The third-order valence-electron chi connectivity index (χ3n) is 4.85. The van der Waals surface area contributed by atoms with E-state index in [4.69, 9.17) is 4.74 Å². The lowest BCUT2D eigenvalue weighted by Gasteiger charge is -2.21. The molecule has 1 saturated carbocycles. The van der Waals surface area contributed by atoms with Crippen LogP contribution in [0.2, 0.25) is 0 Å². The first-order valence-corrected chi connectivity index (χ1v) is 9.67. The van der Waals surface area contributed by atoms with E-state index in [1.807, 2.05) is 0 Å². The zero-order valence-electron chi connectivity index (χ0n) is 14.7. The Morgan fingerprint density at radius 2 is 1.59 bits per heavy atom. The predicted octanol–water partition coefficient (Wildman–Crippen LogP) is 5.80. The molecule has 2 nitrogen and oxygen atoms in total. The highest BCUT2D eigenvalue weighted by Crippen LogP contribution is 2.20. The molecule has 0 saturated heterocycles. The first-order chi connectivity index (χ1) is 10.9. The summed E-state index contributed by atoms with van der Waals surface area (Å²) in [5.74, 6) is 0.182. The molecule has 1 fully saturated rings. The van der Waals surface area contributed by atoms with Gasteiger partial charge in [-0.05, 0) is 51.4 Å². The van der Waals surface area contributed by atoms with Crippen LogP contribution in [-0.4, -0.2) is 19.0 Å². The molecule has 1 aliphatic carbocycles. The summed E-state index contributed by atoms with van der Waals surface area (Å²) >= 11 is 0. The summed E-state index contributed by atoms with van der Waals surface area (Å²) in [5, 5.41) is 0. The monoisotopic (exact) mass is 308 g/mol. The van der Waals surface area contributed by atoms with Crippen molar-refractivity contribution in [3.63, 3.8) is 0 Å². The minimum absolute atomic E-state index is 0.182. The lowest BCUT2D eigenvalue weighted by atomic mass is 9.98. The second kappa shape index (κ2) is 14.2. The maximum atomic E-state index is 10.6. The number of rotatable bonds is 14. The van der Waals surface area contributed by atoms with Gasteiger partial charge in [-0.1, -0.05) is 51.9 Å². The summed E-state index contributed by atoms with van der Waals surface area (Å²) in [6, 6.07) is 0. The van der Waals surface area contributed by atoms with Crippen molar-refractivity contribution in [3.8, 4) is 0 Å². The van der Waals surface area contributed by atoms with E-state index in [0.717, 1.165) is 19.4 Å². The van der Waals surface area contributed by atoms with Gasteiger partial charge < -0.3 is 4.74 Å². The largest absolute Gasteiger partial charge is 0.378 e. The smallest absolute Gasteiger partial charge is 0.201 e. The fraction of sp³-hybridized carbons (Fsp3) is 0.900. The Kier molecular flexibility index (Phi) is 12.7. The number of ether oxygens (including phenoxy) is 1. The van der Waals surface area contributed by atoms with Crippen LogP contribution in [0.25, 0.3) is 0 Å². The van der Waals surface area contributed by atoms with Crippen LogP contribution in [-0.2, 0) is 9.53 Å². The van der Waals surface area contributed by atoms with Crippen LogP contribution < -0.4 is 0 Å². The highest BCUT2D eigenvalue weighted by atomic mass is 16.5. The molecule has 1 unspecified atom stereocenters. The van der Waals surface area contributed by atoms with Crippen molar-refractivity contribution in [3.05, 3.63) is 6.42 Å². The molecule has 0 aromatic heterocycles. The second-order valence-corrected chi connectivity index (χ2v) is 6.78. The highest BCUT2D eigenvalue weighted by Gasteiger charge is 2.13. The summed E-state index contributed by atoms with van der Waals surface area (Å²) in [7, 11) is 0. The van der Waals surface area contributed by atoms with Gasteiger partial charge in [0.05, 0.1) is 6.10 Å². The maximum Gasteiger partial charge on any atom is 0.201 e. The molecule has 1 aliphatic rings. The Labute approximate surface area is 138 Å². The van der Waals surface area contributed by atoms with Crippen molar-refractivity contribution < 1.29 is 9.53 Å². The Morgan fingerprint density at radius 3 is 2.18 bits per heavy atom. The molecule has 0 aromatic carbocycles. The van der Waals surface area contributed by atoms with Gasteiger partial charge in [-0.2, -0.15) is 0 Å². The average molecular weight is 309 g/mol. The third kappa shape index (κ3) is 10.4. The van der Waals surface area contributed by atoms with Crippen molar-refractivity contribution in [2.75, 3.05) is 6.61 Å². The Morgan fingerprint density at radius 1 is 1.00 bits per heavy atom. The lowest BCUT2D eigenvalue weighted by Crippen LogP contribution is -2.17. The van der Waals surface area contributed by atoms with E-state index in [1.54, 1.807) is 0 Å². The van der Waals surface area contributed by atoms with Crippen LogP contribution in [0, 0.1) is 12.3 Å². The van der Waals surface area contributed by atoms with Crippen molar-refractivity contribution >= 4 is 6.29 Å². The topological polar surface area (TPSA) is 26.3 Å². The van der Waals surface area contributed by atoms with E-state index in [-0.39, 0.29) is 5.92 Å². The molecule has 0 spiro atoms. The summed E-state index contributed by atoms with van der Waals surface area (Å²) in [6.07, 6.45) is 22.4. The SMILES string of the molecule is CCC([C]=O)CCCCCCCCCCOC1CC[CH]CC1. The molecule has 0 bridgehead atoms. The fourth-order valence-corrected chi connectivity index (χ4v) is 3.21. The molecule has 1 rings (SSSR count). The zero-order valence-corrected chi connectivity index (χ0v) is 14.7. The molecule has 128 valence electrons. The van der Waals surface area contributed by atoms with Crippen LogP contribution in [0.5, 0.6) is 0 Å². The minimum atomic E-state index is 0.182. The van der Waals surface area contributed by atoms with Gasteiger partial charge >= 0.3 is 0 Å². The molecule has 1 atom stereocenters. The van der Waals surface area contributed by atoms with E-state index in [2.05, 4.69) is 19.6 Å². The van der Waals surface area contributed by atoms with E-state index < -0.39 is 0 Å². The molecule has 2 heteroatoms. The van der Waals surface area contributed by atoms with Crippen LogP contribution in [0.1, 0.15) is 96.8 Å². The van der Waals surface area contributed by atoms with Gasteiger partial charge in [-0.3, -0.25) is 4.79 Å². The quantitative estimate of drug-likeness (QED) is 0.379. The zero-order chi connectivity index (χ0) is 15.9. The van der Waals surface area contributed by atoms with Crippen molar-refractivity contribution in [2.45, 2.75) is 103 Å². The summed E-state index contributed by atoms with van der Waals surface area (Å²) < 4.78 is 5.93. The van der Waals surface area contributed by atoms with Crippen LogP contribution in [0.4, 0.5) is 0 Å². The molecule has 0 N–H and O–H groups in total. The molecular formula is C20H36O2. The molecule has 0 amide bonds. The molecule has 0 aromatic rings. The third-order valence-corrected chi connectivity index (χ3v) is 4.85. The van der Waals surface area contributed by atoms with Gasteiger partial charge in [0.15, 0.2) is 0 Å². The van der Waals surface area contributed by atoms with E-state index >= 15 is 0 Å². The van der Waals surface area contributed by atoms with Gasteiger partial charge in [0.1, 0.15) is 0 Å². The maximum absolute atomic E-state index is 10.6. The predicted molar refractivity (Wildman–Crippen MR) is 93.5 cm³/mol. The minimum Gasteiger partial charge on any atom is -0.378 e. The Balaban J connectivity index is 1.75. The molecule has 0 aliphatic heterocycles. The summed E-state index contributed by atoms with van der Waals surface area (Å²) in [5.41, 5.74) is 0. The van der Waals surface area contributed by atoms with Crippen molar-refractivity contribution in [1.29, 1.82) is 0 Å². The second-order valence-electron chi connectivity index (χ2n) is 6.78. The molecule has 2 radical (unpaired) electrons. The van der Waals surface area contributed by atoms with Crippen LogP contribution >= 0.6 is 0 Å². The normalized spacial score (nSPS) is 17.5. The number of carbonyl (C=O) groups excluding carboxylic acids is 1. The Hall–Kier alpha value is -0.370. The van der Waals surface area contributed by atoms with E-state index in [9.17, 15) is 4.79 Å². The van der Waals surface area contributed by atoms with Gasteiger partial charge in [0.2, 0.25) is 6.29 Å². The first kappa shape index (κ1) is 19.7. The standard InChI is InChI=1S/C20H36O2/c1-2-19(18-21)14-10-7-5-3-4-6-8-13-17-22-20-15-11-9-12-16-20/h9,19-20H,2-8,10-17H2,1H3. The fourth-order valence-electron chi connectivity index (χ4n) is 3.21. The molecule has 0 heterocycles. The summed E-state index contributed by atoms with van der Waals surface area (Å²) in [6.45, 7) is 3.04. The Bertz CT molecular complexity index is 246. The van der Waals surface area contributed by atoms with Gasteiger partial charge in [0.25, 0.3) is 0 Å². The summed E-state index contributed by atoms with van der Waals surface area (Å²) in [4.78, 5) is 10.6.